The second-order valence-corrected chi connectivity index (χ2v) is 4.38. The summed E-state index contributed by atoms with van der Waals surface area (Å²) in [6.07, 6.45) is 0. The molecule has 20 heavy (non-hydrogen) atoms. The van der Waals surface area contributed by atoms with E-state index in [1.54, 1.807) is 49.4 Å². The molecule has 5 nitrogen and oxygen atoms in total. The molecule has 0 spiro atoms. The van der Waals surface area contributed by atoms with Crippen LogP contribution in [0.15, 0.2) is 48.5 Å². The highest BCUT2D eigenvalue weighted by Crippen LogP contribution is 2.12. The molecular formula is C15H15N3O2. The third kappa shape index (κ3) is 3.20. The van der Waals surface area contributed by atoms with Crippen molar-refractivity contribution in [3.63, 3.8) is 0 Å². The van der Waals surface area contributed by atoms with Gasteiger partial charge in [-0.25, -0.2) is 4.98 Å². The van der Waals surface area contributed by atoms with Crippen LogP contribution in [0.3, 0.4) is 0 Å². The average Bonchev–Trinajstić information content (AvgIpc) is 2.45. The first-order valence-corrected chi connectivity index (χ1v) is 6.16. The number of carbonyl (C=O) groups is 2. The molecule has 0 saturated carbocycles. The summed E-state index contributed by atoms with van der Waals surface area (Å²) in [6.45, 7) is 1.79. The quantitative estimate of drug-likeness (QED) is 0.878. The largest absolute Gasteiger partial charge is 0.368 e. The average molecular weight is 269 g/mol. The van der Waals surface area contributed by atoms with E-state index in [9.17, 15) is 9.59 Å². The van der Waals surface area contributed by atoms with Crippen molar-refractivity contribution in [1.82, 2.24) is 10.3 Å². The van der Waals surface area contributed by atoms with Gasteiger partial charge in [-0.2, -0.15) is 0 Å². The zero-order valence-electron chi connectivity index (χ0n) is 11.0. The number of carbonyl (C=O) groups excluding carboxylic acids is 2. The lowest BCUT2D eigenvalue weighted by Gasteiger charge is -2.15. The van der Waals surface area contributed by atoms with E-state index in [1.165, 1.54) is 0 Å². The van der Waals surface area contributed by atoms with Crippen molar-refractivity contribution in [2.24, 2.45) is 5.73 Å². The fraction of sp³-hybridized carbons (Fsp3) is 0.133. The molecule has 102 valence electrons. The Bertz CT molecular complexity index is 626. The Morgan fingerprint density at radius 2 is 1.80 bits per heavy atom. The van der Waals surface area contributed by atoms with Crippen molar-refractivity contribution in [3.05, 3.63) is 65.5 Å². The van der Waals surface area contributed by atoms with Crippen LogP contribution in [-0.2, 0) is 4.79 Å². The predicted molar refractivity (Wildman–Crippen MR) is 74.8 cm³/mol. The highest BCUT2D eigenvalue weighted by Gasteiger charge is 2.21. The standard InChI is InChI=1S/C15H15N3O2/c1-10-6-5-9-12(17-10)15(20)18-13(14(16)19)11-7-3-2-4-8-11/h2-9,13H,1H3,(H2,16,19)(H,18,20). The van der Waals surface area contributed by atoms with Gasteiger partial charge in [0.1, 0.15) is 11.7 Å². The number of nitrogens with two attached hydrogens (primary N) is 1. The molecule has 2 aromatic rings. The molecule has 0 aliphatic carbocycles. The summed E-state index contributed by atoms with van der Waals surface area (Å²) in [5, 5.41) is 2.60. The van der Waals surface area contributed by atoms with E-state index in [2.05, 4.69) is 10.3 Å². The van der Waals surface area contributed by atoms with Gasteiger partial charge in [0.05, 0.1) is 0 Å². The molecule has 2 amide bonds. The van der Waals surface area contributed by atoms with Crippen LogP contribution in [0.2, 0.25) is 0 Å². The van der Waals surface area contributed by atoms with Gasteiger partial charge >= 0.3 is 0 Å². The Morgan fingerprint density at radius 3 is 2.40 bits per heavy atom. The number of aryl methyl sites for hydroxylation is 1. The molecule has 0 fully saturated rings. The van der Waals surface area contributed by atoms with E-state index in [4.69, 9.17) is 5.73 Å². The third-order valence-electron chi connectivity index (χ3n) is 2.81. The number of aromatic nitrogens is 1. The zero-order valence-corrected chi connectivity index (χ0v) is 11.0. The lowest BCUT2D eigenvalue weighted by atomic mass is 10.1. The topological polar surface area (TPSA) is 85.1 Å². The summed E-state index contributed by atoms with van der Waals surface area (Å²) >= 11 is 0. The molecule has 2 rings (SSSR count). The predicted octanol–water partition coefficient (Wildman–Crippen LogP) is 1.35. The number of pyridine rings is 1. The van der Waals surface area contributed by atoms with Gasteiger partial charge in [0, 0.05) is 5.69 Å². The van der Waals surface area contributed by atoms with E-state index >= 15 is 0 Å². The summed E-state index contributed by atoms with van der Waals surface area (Å²) in [7, 11) is 0. The Kier molecular flexibility index (Phi) is 4.10. The number of nitrogens with zero attached hydrogens (tertiary/aromatic N) is 1. The minimum Gasteiger partial charge on any atom is -0.368 e. The molecule has 1 aromatic carbocycles. The smallest absolute Gasteiger partial charge is 0.270 e. The van der Waals surface area contributed by atoms with Crippen molar-refractivity contribution in [2.75, 3.05) is 0 Å². The van der Waals surface area contributed by atoms with Crippen LogP contribution in [0.25, 0.3) is 0 Å². The van der Waals surface area contributed by atoms with Gasteiger partial charge in [-0.15, -0.1) is 0 Å². The van der Waals surface area contributed by atoms with Crippen LogP contribution in [0, 0.1) is 6.92 Å². The molecule has 3 N–H and O–H groups in total. The lowest BCUT2D eigenvalue weighted by molar-refractivity contribution is -0.120. The molecule has 0 saturated heterocycles. The SMILES string of the molecule is Cc1cccc(C(=O)NC(C(N)=O)c2ccccc2)n1. The van der Waals surface area contributed by atoms with E-state index < -0.39 is 17.9 Å². The van der Waals surface area contributed by atoms with Gasteiger partial charge in [0.2, 0.25) is 5.91 Å². The second-order valence-electron chi connectivity index (χ2n) is 4.38. The van der Waals surface area contributed by atoms with Gasteiger partial charge in [-0.05, 0) is 24.6 Å². The van der Waals surface area contributed by atoms with Crippen LogP contribution >= 0.6 is 0 Å². The molecule has 1 unspecified atom stereocenters. The molecule has 0 aliphatic rings. The summed E-state index contributed by atoms with van der Waals surface area (Å²) in [5.74, 6) is -1.04. The van der Waals surface area contributed by atoms with Gasteiger partial charge in [-0.3, -0.25) is 9.59 Å². The first-order valence-electron chi connectivity index (χ1n) is 6.16. The van der Waals surface area contributed by atoms with Gasteiger partial charge < -0.3 is 11.1 Å². The van der Waals surface area contributed by atoms with Crippen molar-refractivity contribution in [2.45, 2.75) is 13.0 Å². The lowest BCUT2D eigenvalue weighted by Crippen LogP contribution is -2.37. The molecule has 0 bridgehead atoms. The fourth-order valence-electron chi connectivity index (χ4n) is 1.84. The maximum atomic E-state index is 12.1. The number of benzene rings is 1. The van der Waals surface area contributed by atoms with Crippen LogP contribution in [0.4, 0.5) is 0 Å². The Morgan fingerprint density at radius 1 is 1.10 bits per heavy atom. The Balaban J connectivity index is 2.21. The number of rotatable bonds is 4. The molecule has 0 radical (unpaired) electrons. The van der Waals surface area contributed by atoms with Gasteiger partial charge in [-0.1, -0.05) is 36.4 Å². The third-order valence-corrected chi connectivity index (χ3v) is 2.81. The van der Waals surface area contributed by atoms with E-state index in [1.807, 2.05) is 6.07 Å². The van der Waals surface area contributed by atoms with Crippen LogP contribution in [0.5, 0.6) is 0 Å². The highest BCUT2D eigenvalue weighted by molar-refractivity contribution is 5.96. The Hall–Kier alpha value is -2.69. The maximum absolute atomic E-state index is 12.1. The van der Waals surface area contributed by atoms with Crippen LogP contribution in [-0.4, -0.2) is 16.8 Å². The number of nitrogens with one attached hydrogen (secondary N) is 1. The summed E-state index contributed by atoms with van der Waals surface area (Å²) in [4.78, 5) is 27.7. The van der Waals surface area contributed by atoms with E-state index in [-0.39, 0.29) is 5.69 Å². The number of primary amides is 1. The van der Waals surface area contributed by atoms with E-state index in [0.717, 1.165) is 5.69 Å². The van der Waals surface area contributed by atoms with Gasteiger partial charge in [0.15, 0.2) is 0 Å². The van der Waals surface area contributed by atoms with Crippen molar-refractivity contribution in [1.29, 1.82) is 0 Å². The molecule has 0 aliphatic heterocycles. The minimum atomic E-state index is -0.869. The summed E-state index contributed by atoms with van der Waals surface area (Å²) in [6, 6.07) is 13.1. The van der Waals surface area contributed by atoms with Crippen molar-refractivity contribution < 1.29 is 9.59 Å². The number of hydrogen-bond donors (Lipinski definition) is 2. The highest BCUT2D eigenvalue weighted by atomic mass is 16.2. The normalized spacial score (nSPS) is 11.7. The van der Waals surface area contributed by atoms with Crippen molar-refractivity contribution in [3.8, 4) is 0 Å². The van der Waals surface area contributed by atoms with Crippen LogP contribution < -0.4 is 11.1 Å². The second kappa shape index (κ2) is 5.97. The molecule has 1 atom stereocenters. The first-order chi connectivity index (χ1) is 9.58. The summed E-state index contributed by atoms with van der Waals surface area (Å²) < 4.78 is 0. The van der Waals surface area contributed by atoms with Gasteiger partial charge in [0.25, 0.3) is 5.91 Å². The van der Waals surface area contributed by atoms with Crippen molar-refractivity contribution >= 4 is 11.8 Å². The summed E-state index contributed by atoms with van der Waals surface area (Å²) in [5.41, 5.74) is 6.98. The molecule has 1 aromatic heterocycles. The molecule has 5 heteroatoms. The number of amides is 2. The maximum Gasteiger partial charge on any atom is 0.270 e. The minimum absolute atomic E-state index is 0.257. The number of hydrogen-bond acceptors (Lipinski definition) is 3. The van der Waals surface area contributed by atoms with Crippen LogP contribution in [0.1, 0.15) is 27.8 Å². The molecule has 1 heterocycles. The first kappa shape index (κ1) is 13.7. The monoisotopic (exact) mass is 269 g/mol. The fourth-order valence-corrected chi connectivity index (χ4v) is 1.84. The Labute approximate surface area is 116 Å². The molecular weight excluding hydrogens is 254 g/mol. The zero-order chi connectivity index (χ0) is 14.5. The van der Waals surface area contributed by atoms with E-state index in [0.29, 0.717) is 5.56 Å².